The van der Waals surface area contributed by atoms with Crippen LogP contribution in [0.4, 0.5) is 5.69 Å². The molecule has 0 amide bonds. The summed E-state index contributed by atoms with van der Waals surface area (Å²) in [5.41, 5.74) is 2.63. The van der Waals surface area contributed by atoms with E-state index in [9.17, 15) is 10.1 Å². The summed E-state index contributed by atoms with van der Waals surface area (Å²) in [5, 5.41) is 18.2. The number of aromatic nitrogens is 1. The lowest BCUT2D eigenvalue weighted by Crippen LogP contribution is -2.19. The molecule has 0 spiro atoms. The van der Waals surface area contributed by atoms with Crippen LogP contribution in [0.1, 0.15) is 35.5 Å². The maximum Gasteiger partial charge on any atom is 0.274 e. The third-order valence-corrected chi connectivity index (χ3v) is 3.37. The van der Waals surface area contributed by atoms with E-state index in [4.69, 9.17) is 4.52 Å². The Labute approximate surface area is 116 Å². The molecule has 1 N–H and O–H groups in total. The van der Waals surface area contributed by atoms with Gasteiger partial charge >= 0.3 is 0 Å². The third kappa shape index (κ3) is 2.85. The Kier molecular flexibility index (Phi) is 4.14. The van der Waals surface area contributed by atoms with Gasteiger partial charge < -0.3 is 9.84 Å². The van der Waals surface area contributed by atoms with Crippen LogP contribution in [0.5, 0.6) is 0 Å². The Morgan fingerprint density at radius 3 is 2.70 bits per heavy atom. The van der Waals surface area contributed by atoms with Crippen molar-refractivity contribution < 1.29 is 9.45 Å². The van der Waals surface area contributed by atoms with Gasteiger partial charge in [-0.1, -0.05) is 23.4 Å². The zero-order valence-corrected chi connectivity index (χ0v) is 11.7. The number of benzene rings is 1. The van der Waals surface area contributed by atoms with E-state index < -0.39 is 0 Å². The summed E-state index contributed by atoms with van der Waals surface area (Å²) in [6.45, 7) is 6.20. The summed E-state index contributed by atoms with van der Waals surface area (Å²) in [5.74, 6) is 0.768. The van der Waals surface area contributed by atoms with Gasteiger partial charge in [-0.25, -0.2) is 0 Å². The normalized spacial score (nSPS) is 12.3. The first kappa shape index (κ1) is 14.2. The third-order valence-electron chi connectivity index (χ3n) is 3.37. The van der Waals surface area contributed by atoms with Crippen LogP contribution in [0.2, 0.25) is 0 Å². The average Bonchev–Trinajstić information content (AvgIpc) is 2.75. The number of nitrogens with zero attached hydrogens (tertiary/aromatic N) is 2. The number of aryl methyl sites for hydroxylation is 2. The monoisotopic (exact) mass is 275 g/mol. The lowest BCUT2D eigenvalue weighted by Gasteiger charge is -2.14. The number of nitro groups is 1. The van der Waals surface area contributed by atoms with Crippen LogP contribution >= 0.6 is 0 Å². The van der Waals surface area contributed by atoms with E-state index in [0.29, 0.717) is 12.1 Å². The molecule has 0 saturated heterocycles. The first-order valence-corrected chi connectivity index (χ1v) is 6.39. The van der Waals surface area contributed by atoms with Gasteiger partial charge in [-0.2, -0.15) is 0 Å². The summed E-state index contributed by atoms with van der Waals surface area (Å²) in [7, 11) is 0. The van der Waals surface area contributed by atoms with E-state index in [1.165, 1.54) is 6.07 Å². The van der Waals surface area contributed by atoms with Gasteiger partial charge in [0.05, 0.1) is 10.6 Å². The zero-order chi connectivity index (χ0) is 14.7. The fourth-order valence-electron chi connectivity index (χ4n) is 2.14. The molecule has 1 atom stereocenters. The van der Waals surface area contributed by atoms with Crippen molar-refractivity contribution in [2.24, 2.45) is 0 Å². The van der Waals surface area contributed by atoms with Crippen LogP contribution in [-0.2, 0) is 6.54 Å². The molecule has 0 fully saturated rings. The van der Waals surface area contributed by atoms with Gasteiger partial charge in [-0.15, -0.1) is 0 Å². The lowest BCUT2D eigenvalue weighted by molar-refractivity contribution is -0.385. The highest BCUT2D eigenvalue weighted by Crippen LogP contribution is 2.25. The summed E-state index contributed by atoms with van der Waals surface area (Å²) in [6.07, 6.45) is 0. The van der Waals surface area contributed by atoms with Gasteiger partial charge in [0.1, 0.15) is 5.76 Å². The summed E-state index contributed by atoms with van der Waals surface area (Å²) >= 11 is 0. The van der Waals surface area contributed by atoms with Gasteiger partial charge in [0.2, 0.25) is 0 Å². The molecule has 1 aromatic heterocycles. The molecule has 0 saturated carbocycles. The molecule has 1 heterocycles. The first-order valence-electron chi connectivity index (χ1n) is 6.39. The number of hydrogen-bond acceptors (Lipinski definition) is 5. The standard InChI is InChI=1S/C14H17N3O3/c1-9(12-6-4-5-7-14(12)17(18)19)15-8-13-10(2)16-20-11(13)3/h4-7,9,15H,8H2,1-3H3. The Bertz CT molecular complexity index is 602. The largest absolute Gasteiger partial charge is 0.361 e. The molecule has 6 heteroatoms. The lowest BCUT2D eigenvalue weighted by atomic mass is 10.1. The van der Waals surface area contributed by atoms with E-state index in [0.717, 1.165) is 17.0 Å². The van der Waals surface area contributed by atoms with Crippen LogP contribution in [0.3, 0.4) is 0 Å². The molecule has 0 aliphatic heterocycles. The van der Waals surface area contributed by atoms with Crippen molar-refractivity contribution in [2.45, 2.75) is 33.4 Å². The molecule has 20 heavy (non-hydrogen) atoms. The molecule has 0 aliphatic carbocycles. The number of hydrogen-bond donors (Lipinski definition) is 1. The van der Waals surface area contributed by atoms with Crippen molar-refractivity contribution in [1.29, 1.82) is 0 Å². The minimum atomic E-state index is -0.358. The van der Waals surface area contributed by atoms with E-state index >= 15 is 0 Å². The zero-order valence-electron chi connectivity index (χ0n) is 11.7. The van der Waals surface area contributed by atoms with Crippen molar-refractivity contribution in [3.05, 3.63) is 57.0 Å². The van der Waals surface area contributed by atoms with Crippen LogP contribution < -0.4 is 5.32 Å². The summed E-state index contributed by atoms with van der Waals surface area (Å²) < 4.78 is 5.10. The van der Waals surface area contributed by atoms with E-state index in [-0.39, 0.29) is 16.7 Å². The average molecular weight is 275 g/mol. The molecule has 0 radical (unpaired) electrons. The smallest absolute Gasteiger partial charge is 0.274 e. The van der Waals surface area contributed by atoms with Crippen LogP contribution in [0.15, 0.2) is 28.8 Å². The highest BCUT2D eigenvalue weighted by atomic mass is 16.6. The van der Waals surface area contributed by atoms with E-state index in [1.807, 2.05) is 20.8 Å². The number of nitro benzene ring substituents is 1. The molecule has 6 nitrogen and oxygen atoms in total. The SMILES string of the molecule is Cc1noc(C)c1CNC(C)c1ccccc1[N+](=O)[O-]. The van der Waals surface area contributed by atoms with Crippen LogP contribution in [-0.4, -0.2) is 10.1 Å². The molecule has 2 aromatic rings. The van der Waals surface area contributed by atoms with Gasteiger partial charge in [0.25, 0.3) is 5.69 Å². The van der Waals surface area contributed by atoms with Gasteiger partial charge in [0.15, 0.2) is 0 Å². The second-order valence-corrected chi connectivity index (χ2v) is 4.72. The van der Waals surface area contributed by atoms with Crippen molar-refractivity contribution in [3.8, 4) is 0 Å². The molecule has 0 aliphatic rings. The summed E-state index contributed by atoms with van der Waals surface area (Å²) in [4.78, 5) is 10.7. The minimum Gasteiger partial charge on any atom is -0.361 e. The maximum absolute atomic E-state index is 11.0. The second-order valence-electron chi connectivity index (χ2n) is 4.72. The van der Waals surface area contributed by atoms with Crippen molar-refractivity contribution in [1.82, 2.24) is 10.5 Å². The highest BCUT2D eigenvalue weighted by Gasteiger charge is 2.18. The number of nitrogens with one attached hydrogen (secondary N) is 1. The molecular weight excluding hydrogens is 258 g/mol. The fourth-order valence-corrected chi connectivity index (χ4v) is 2.14. The molecule has 106 valence electrons. The summed E-state index contributed by atoms with van der Waals surface area (Å²) in [6, 6.07) is 6.62. The van der Waals surface area contributed by atoms with Gasteiger partial charge in [-0.3, -0.25) is 10.1 Å². The topological polar surface area (TPSA) is 81.2 Å². The highest BCUT2D eigenvalue weighted by molar-refractivity contribution is 5.41. The Hall–Kier alpha value is -2.21. The molecule has 2 rings (SSSR count). The Morgan fingerprint density at radius 2 is 2.10 bits per heavy atom. The van der Waals surface area contributed by atoms with Gasteiger partial charge in [-0.05, 0) is 20.8 Å². The quantitative estimate of drug-likeness (QED) is 0.670. The molecule has 0 bridgehead atoms. The van der Waals surface area contributed by atoms with E-state index in [2.05, 4.69) is 10.5 Å². The van der Waals surface area contributed by atoms with Gasteiger partial charge in [0, 0.05) is 29.8 Å². The molecule has 1 unspecified atom stereocenters. The van der Waals surface area contributed by atoms with Crippen molar-refractivity contribution in [2.75, 3.05) is 0 Å². The predicted octanol–water partition coefficient (Wildman–Crippen LogP) is 3.05. The minimum absolute atomic E-state index is 0.131. The molecule has 1 aromatic carbocycles. The number of para-hydroxylation sites is 1. The van der Waals surface area contributed by atoms with Crippen molar-refractivity contribution in [3.63, 3.8) is 0 Å². The predicted molar refractivity (Wildman–Crippen MR) is 74.3 cm³/mol. The van der Waals surface area contributed by atoms with Crippen LogP contribution in [0.25, 0.3) is 0 Å². The fraction of sp³-hybridized carbons (Fsp3) is 0.357. The first-order chi connectivity index (χ1) is 9.50. The molecular formula is C14H17N3O3. The van der Waals surface area contributed by atoms with Crippen molar-refractivity contribution >= 4 is 5.69 Å². The Morgan fingerprint density at radius 1 is 1.40 bits per heavy atom. The van der Waals surface area contributed by atoms with Crippen LogP contribution in [0, 0.1) is 24.0 Å². The maximum atomic E-state index is 11.0. The Balaban J connectivity index is 2.13. The number of rotatable bonds is 5. The second kappa shape index (κ2) is 5.83. The van der Waals surface area contributed by atoms with E-state index in [1.54, 1.807) is 18.2 Å².